The lowest BCUT2D eigenvalue weighted by molar-refractivity contribution is 0.314. The maximum absolute atomic E-state index is 9.87. The van der Waals surface area contributed by atoms with Gasteiger partial charge in [0.05, 0.1) is 11.2 Å². The van der Waals surface area contributed by atoms with Crippen LogP contribution >= 0.6 is 0 Å². The van der Waals surface area contributed by atoms with Gasteiger partial charge in [0.15, 0.2) is 0 Å². The molecule has 0 aliphatic heterocycles. The van der Waals surface area contributed by atoms with Crippen molar-refractivity contribution in [3.05, 3.63) is 59.2 Å². The number of hydrogen-bond acceptors (Lipinski definition) is 4. The quantitative estimate of drug-likeness (QED) is 0.517. The molecule has 2 N–H and O–H groups in total. The first-order chi connectivity index (χ1) is 12.8. The van der Waals surface area contributed by atoms with E-state index in [0.717, 1.165) is 53.6 Å². The summed E-state index contributed by atoms with van der Waals surface area (Å²) < 4.78 is 0. The monoisotopic (exact) mass is 342 g/mol. The van der Waals surface area contributed by atoms with E-state index in [1.807, 2.05) is 6.07 Å². The van der Waals surface area contributed by atoms with Gasteiger partial charge in [-0.05, 0) is 54.0 Å². The van der Waals surface area contributed by atoms with Crippen molar-refractivity contribution in [3.8, 4) is 0 Å². The summed E-state index contributed by atoms with van der Waals surface area (Å²) in [7, 11) is 0. The lowest BCUT2D eigenvalue weighted by Crippen LogP contribution is -2.27. The molecule has 3 aliphatic rings. The van der Waals surface area contributed by atoms with Crippen molar-refractivity contribution in [2.24, 2.45) is 16.5 Å². The van der Waals surface area contributed by atoms with Crippen molar-refractivity contribution in [1.29, 1.82) is 0 Å². The highest BCUT2D eigenvalue weighted by Crippen LogP contribution is 2.64. The van der Waals surface area contributed by atoms with Gasteiger partial charge < -0.3 is 5.21 Å². The predicted octanol–water partition coefficient (Wildman–Crippen LogP) is 4.06. The molecule has 26 heavy (non-hydrogen) atoms. The van der Waals surface area contributed by atoms with Gasteiger partial charge in [-0.25, -0.2) is 0 Å². The van der Waals surface area contributed by atoms with Gasteiger partial charge in [-0.2, -0.15) is 0 Å². The van der Waals surface area contributed by atoms with E-state index >= 15 is 0 Å². The highest BCUT2D eigenvalue weighted by molar-refractivity contribution is 6.33. The fourth-order valence-corrected chi connectivity index (χ4v) is 5.60. The number of rotatable bonds is 1. The van der Waals surface area contributed by atoms with Crippen molar-refractivity contribution in [2.45, 2.75) is 25.7 Å². The molecule has 2 unspecified atom stereocenters. The topological polar surface area (TPSA) is 74.2 Å². The SMILES string of the molecule is ON=C1C(c2ccccc2)=C2c3ccc4[nH]nnc4c3CC23CCC1C3. The van der Waals surface area contributed by atoms with E-state index in [9.17, 15) is 5.21 Å². The first kappa shape index (κ1) is 14.2. The van der Waals surface area contributed by atoms with E-state index in [0.29, 0.717) is 5.92 Å². The second-order valence-electron chi connectivity index (χ2n) is 7.80. The Labute approximate surface area is 150 Å². The molecule has 2 atom stereocenters. The summed E-state index contributed by atoms with van der Waals surface area (Å²) in [5.74, 6) is 0.334. The van der Waals surface area contributed by atoms with E-state index in [4.69, 9.17) is 0 Å². The third-order valence-electron chi connectivity index (χ3n) is 6.59. The maximum Gasteiger partial charge on any atom is 0.116 e. The van der Waals surface area contributed by atoms with Crippen LogP contribution in [-0.4, -0.2) is 26.3 Å². The van der Waals surface area contributed by atoms with Gasteiger partial charge in [0.25, 0.3) is 0 Å². The van der Waals surface area contributed by atoms with Crippen LogP contribution in [0.1, 0.15) is 36.0 Å². The Kier molecular flexibility index (Phi) is 2.64. The number of oxime groups is 1. The summed E-state index contributed by atoms with van der Waals surface area (Å²) in [5, 5.41) is 25.0. The minimum Gasteiger partial charge on any atom is -0.411 e. The Morgan fingerprint density at radius 1 is 1.15 bits per heavy atom. The van der Waals surface area contributed by atoms with Crippen LogP contribution in [0, 0.1) is 11.3 Å². The lowest BCUT2D eigenvalue weighted by atomic mass is 9.69. The number of benzene rings is 2. The smallest absolute Gasteiger partial charge is 0.116 e. The fraction of sp³-hybridized carbons (Fsp3) is 0.286. The maximum atomic E-state index is 9.87. The zero-order chi connectivity index (χ0) is 17.3. The number of aromatic nitrogens is 3. The molecule has 2 aromatic carbocycles. The standard InChI is InChI=1S/C21H18N4O/c26-24-19-13-8-9-21(10-13)11-15-14(6-7-16-20(15)23-25-22-16)18(21)17(19)12-4-2-1-3-5-12/h1-7,13,26H,8-11H2,(H,22,23,25). The molecule has 1 fully saturated rings. The minimum absolute atomic E-state index is 0.138. The Balaban J connectivity index is 1.74. The van der Waals surface area contributed by atoms with E-state index in [-0.39, 0.29) is 5.41 Å². The zero-order valence-electron chi connectivity index (χ0n) is 14.2. The third kappa shape index (κ3) is 1.63. The second-order valence-corrected chi connectivity index (χ2v) is 7.80. The molecule has 5 nitrogen and oxygen atoms in total. The molecule has 3 aliphatic carbocycles. The van der Waals surface area contributed by atoms with Crippen molar-refractivity contribution in [2.75, 3.05) is 0 Å². The number of H-pyrrole nitrogens is 1. The summed E-state index contributed by atoms with van der Waals surface area (Å²) in [4.78, 5) is 0. The van der Waals surface area contributed by atoms with Crippen molar-refractivity contribution in [3.63, 3.8) is 0 Å². The molecule has 0 saturated heterocycles. The van der Waals surface area contributed by atoms with Crippen LogP contribution in [0.25, 0.3) is 22.2 Å². The van der Waals surface area contributed by atoms with E-state index < -0.39 is 0 Å². The van der Waals surface area contributed by atoms with Crippen LogP contribution < -0.4 is 0 Å². The Morgan fingerprint density at radius 3 is 2.88 bits per heavy atom. The fourth-order valence-electron chi connectivity index (χ4n) is 5.60. The number of hydrogen-bond donors (Lipinski definition) is 2. The molecular formula is C21H18N4O. The van der Waals surface area contributed by atoms with Crippen LogP contribution in [0.2, 0.25) is 0 Å². The number of nitrogens with one attached hydrogen (secondary N) is 1. The largest absolute Gasteiger partial charge is 0.411 e. The molecule has 3 aromatic rings. The van der Waals surface area contributed by atoms with E-state index in [1.165, 1.54) is 16.7 Å². The number of fused-ring (bicyclic) bond motifs is 5. The van der Waals surface area contributed by atoms with E-state index in [1.54, 1.807) is 0 Å². The summed E-state index contributed by atoms with van der Waals surface area (Å²) >= 11 is 0. The van der Waals surface area contributed by atoms with Gasteiger partial charge in [0, 0.05) is 16.9 Å². The second kappa shape index (κ2) is 4.81. The molecule has 5 heteroatoms. The average Bonchev–Trinajstić information content (AvgIpc) is 3.37. The minimum atomic E-state index is 0.138. The van der Waals surface area contributed by atoms with Gasteiger partial charge >= 0.3 is 0 Å². The number of allylic oxidation sites excluding steroid dienone is 2. The third-order valence-corrected chi connectivity index (χ3v) is 6.59. The molecule has 1 spiro atoms. The molecule has 0 radical (unpaired) electrons. The molecule has 128 valence electrons. The van der Waals surface area contributed by atoms with Crippen LogP contribution in [0.15, 0.2) is 47.6 Å². The highest BCUT2D eigenvalue weighted by Gasteiger charge is 2.54. The highest BCUT2D eigenvalue weighted by atomic mass is 16.4. The van der Waals surface area contributed by atoms with Crippen molar-refractivity contribution in [1.82, 2.24) is 15.4 Å². The molecular weight excluding hydrogens is 324 g/mol. The Hall–Kier alpha value is -2.95. The predicted molar refractivity (Wildman–Crippen MR) is 99.8 cm³/mol. The Bertz CT molecular complexity index is 1110. The van der Waals surface area contributed by atoms with Crippen LogP contribution in [0.5, 0.6) is 0 Å². The van der Waals surface area contributed by atoms with Gasteiger partial charge in [0.1, 0.15) is 5.52 Å². The molecule has 0 amide bonds. The molecule has 1 saturated carbocycles. The van der Waals surface area contributed by atoms with Crippen LogP contribution in [-0.2, 0) is 6.42 Å². The molecule has 1 heterocycles. The Morgan fingerprint density at radius 2 is 2.04 bits per heavy atom. The molecule has 6 rings (SSSR count). The van der Waals surface area contributed by atoms with Crippen molar-refractivity contribution < 1.29 is 5.21 Å². The molecule has 1 aromatic heterocycles. The average molecular weight is 342 g/mol. The van der Waals surface area contributed by atoms with Gasteiger partial charge in [0.2, 0.25) is 0 Å². The lowest BCUT2D eigenvalue weighted by Gasteiger charge is -2.34. The van der Waals surface area contributed by atoms with Crippen LogP contribution in [0.4, 0.5) is 0 Å². The number of nitrogens with zero attached hydrogens (tertiary/aromatic N) is 3. The van der Waals surface area contributed by atoms with Gasteiger partial charge in [-0.1, -0.05) is 46.8 Å². The van der Waals surface area contributed by atoms with Crippen molar-refractivity contribution >= 4 is 27.9 Å². The normalized spacial score (nSPS) is 28.0. The van der Waals surface area contributed by atoms with Gasteiger partial charge in [-0.3, -0.25) is 5.10 Å². The summed E-state index contributed by atoms with van der Waals surface area (Å²) in [5.41, 5.74) is 9.13. The summed E-state index contributed by atoms with van der Waals surface area (Å²) in [6.07, 6.45) is 4.28. The first-order valence-electron chi connectivity index (χ1n) is 9.16. The number of aromatic amines is 1. The molecule has 2 bridgehead atoms. The van der Waals surface area contributed by atoms with Crippen LogP contribution in [0.3, 0.4) is 0 Å². The summed E-state index contributed by atoms with van der Waals surface area (Å²) in [6.45, 7) is 0. The zero-order valence-corrected chi connectivity index (χ0v) is 14.2. The van der Waals surface area contributed by atoms with E-state index in [2.05, 4.69) is 57.0 Å². The van der Waals surface area contributed by atoms with Gasteiger partial charge in [-0.15, -0.1) is 5.10 Å². The summed E-state index contributed by atoms with van der Waals surface area (Å²) in [6, 6.07) is 14.6. The first-order valence-corrected chi connectivity index (χ1v) is 9.16.